The highest BCUT2D eigenvalue weighted by atomic mass is 16.3. The lowest BCUT2D eigenvalue weighted by atomic mass is 10.0. The summed E-state index contributed by atoms with van der Waals surface area (Å²) in [6.07, 6.45) is -0.117. The van der Waals surface area contributed by atoms with Gasteiger partial charge in [0, 0.05) is 13.5 Å². The SMILES string of the molecule is Cc1nnc(CN(C)CC(=O)NC(C)C(O)Cc2ccccc2)n1C. The van der Waals surface area contributed by atoms with Crippen molar-refractivity contribution < 1.29 is 9.90 Å². The minimum absolute atomic E-state index is 0.124. The number of carbonyl (C=O) groups excluding carboxylic acids is 1. The number of amides is 1. The van der Waals surface area contributed by atoms with Gasteiger partial charge in [0.2, 0.25) is 5.91 Å². The van der Waals surface area contributed by atoms with Crippen LogP contribution in [0.5, 0.6) is 0 Å². The van der Waals surface area contributed by atoms with Crippen LogP contribution in [-0.2, 0) is 24.8 Å². The fourth-order valence-corrected chi connectivity index (χ4v) is 2.56. The van der Waals surface area contributed by atoms with Crippen LogP contribution in [0.15, 0.2) is 30.3 Å². The maximum Gasteiger partial charge on any atom is 0.234 e. The molecule has 1 heterocycles. The van der Waals surface area contributed by atoms with Gasteiger partial charge in [0.25, 0.3) is 0 Å². The highest BCUT2D eigenvalue weighted by Crippen LogP contribution is 2.06. The first kappa shape index (κ1) is 19.1. The number of likely N-dealkylation sites (N-methyl/N-ethyl adjacent to an activating group) is 1. The van der Waals surface area contributed by atoms with E-state index in [0.29, 0.717) is 13.0 Å². The molecule has 2 unspecified atom stereocenters. The molecular weight excluding hydrogens is 318 g/mol. The number of benzene rings is 1. The summed E-state index contributed by atoms with van der Waals surface area (Å²) in [6.45, 7) is 4.47. The molecule has 0 fully saturated rings. The second kappa shape index (κ2) is 8.73. The number of carbonyl (C=O) groups is 1. The number of hydrogen-bond donors (Lipinski definition) is 2. The smallest absolute Gasteiger partial charge is 0.234 e. The average Bonchev–Trinajstić information content (AvgIpc) is 2.87. The first-order valence-electron chi connectivity index (χ1n) is 8.41. The van der Waals surface area contributed by atoms with Crippen molar-refractivity contribution in [3.63, 3.8) is 0 Å². The predicted molar refractivity (Wildman–Crippen MR) is 95.8 cm³/mol. The van der Waals surface area contributed by atoms with Crippen molar-refractivity contribution in [3.8, 4) is 0 Å². The van der Waals surface area contributed by atoms with Gasteiger partial charge < -0.3 is 15.0 Å². The molecule has 0 bridgehead atoms. The molecule has 0 aliphatic rings. The Morgan fingerprint density at radius 3 is 2.60 bits per heavy atom. The van der Waals surface area contributed by atoms with Crippen molar-refractivity contribution in [1.29, 1.82) is 0 Å². The molecule has 7 heteroatoms. The zero-order chi connectivity index (χ0) is 18.4. The summed E-state index contributed by atoms with van der Waals surface area (Å²) < 4.78 is 1.90. The van der Waals surface area contributed by atoms with Crippen LogP contribution in [0, 0.1) is 6.92 Å². The fraction of sp³-hybridized carbons (Fsp3) is 0.500. The topological polar surface area (TPSA) is 83.3 Å². The predicted octanol–water partition coefficient (Wildman–Crippen LogP) is 0.664. The van der Waals surface area contributed by atoms with Gasteiger partial charge in [-0.2, -0.15) is 0 Å². The van der Waals surface area contributed by atoms with Gasteiger partial charge in [-0.05, 0) is 26.5 Å². The van der Waals surface area contributed by atoms with Gasteiger partial charge in [-0.15, -0.1) is 10.2 Å². The molecule has 7 nitrogen and oxygen atoms in total. The van der Waals surface area contributed by atoms with E-state index < -0.39 is 6.10 Å². The van der Waals surface area contributed by atoms with Crippen LogP contribution in [0.25, 0.3) is 0 Å². The number of aryl methyl sites for hydroxylation is 1. The highest BCUT2D eigenvalue weighted by Gasteiger charge is 2.18. The Bertz CT molecular complexity index is 686. The number of aliphatic hydroxyl groups is 1. The Morgan fingerprint density at radius 1 is 1.32 bits per heavy atom. The third-order valence-corrected chi connectivity index (χ3v) is 4.26. The van der Waals surface area contributed by atoms with Gasteiger partial charge in [0.15, 0.2) is 0 Å². The van der Waals surface area contributed by atoms with Crippen molar-refractivity contribution in [2.75, 3.05) is 13.6 Å². The molecular formula is C18H27N5O2. The number of aromatic nitrogens is 3. The van der Waals surface area contributed by atoms with E-state index >= 15 is 0 Å². The molecule has 25 heavy (non-hydrogen) atoms. The summed E-state index contributed by atoms with van der Waals surface area (Å²) in [6, 6.07) is 9.43. The Morgan fingerprint density at radius 2 is 2.00 bits per heavy atom. The molecule has 0 aliphatic heterocycles. The van der Waals surface area contributed by atoms with Crippen LogP contribution >= 0.6 is 0 Å². The lowest BCUT2D eigenvalue weighted by Crippen LogP contribution is -2.45. The van der Waals surface area contributed by atoms with Crippen molar-refractivity contribution in [2.24, 2.45) is 7.05 Å². The monoisotopic (exact) mass is 345 g/mol. The standard InChI is InChI=1S/C18H27N5O2/c1-13(16(24)10-15-8-6-5-7-9-15)19-18(25)12-22(3)11-17-21-20-14(2)23(17)4/h5-9,13,16,24H,10-12H2,1-4H3,(H,19,25). The molecule has 2 aromatic rings. The second-order valence-electron chi connectivity index (χ2n) is 6.51. The van der Waals surface area contributed by atoms with Crippen molar-refractivity contribution in [3.05, 3.63) is 47.5 Å². The minimum Gasteiger partial charge on any atom is -0.391 e. The number of aliphatic hydroxyl groups excluding tert-OH is 1. The first-order valence-corrected chi connectivity index (χ1v) is 8.41. The molecule has 0 aliphatic carbocycles. The summed E-state index contributed by atoms with van der Waals surface area (Å²) >= 11 is 0. The van der Waals surface area contributed by atoms with Crippen LogP contribution in [0.2, 0.25) is 0 Å². The second-order valence-corrected chi connectivity index (χ2v) is 6.51. The normalized spacial score (nSPS) is 13.7. The highest BCUT2D eigenvalue weighted by molar-refractivity contribution is 5.78. The third-order valence-electron chi connectivity index (χ3n) is 4.26. The number of nitrogens with one attached hydrogen (secondary N) is 1. The summed E-state index contributed by atoms with van der Waals surface area (Å²) in [4.78, 5) is 14.1. The molecule has 2 N–H and O–H groups in total. The lowest BCUT2D eigenvalue weighted by molar-refractivity contribution is -0.123. The van der Waals surface area contributed by atoms with Crippen LogP contribution < -0.4 is 5.32 Å². The summed E-state index contributed by atoms with van der Waals surface area (Å²) in [5.74, 6) is 1.52. The van der Waals surface area contributed by atoms with E-state index in [1.165, 1.54) is 0 Å². The molecule has 0 spiro atoms. The zero-order valence-electron chi connectivity index (χ0n) is 15.3. The van der Waals surface area contributed by atoms with Crippen LogP contribution in [-0.4, -0.2) is 56.4 Å². The maximum absolute atomic E-state index is 12.2. The van der Waals surface area contributed by atoms with Crippen molar-refractivity contribution in [2.45, 2.75) is 39.0 Å². The van der Waals surface area contributed by atoms with Gasteiger partial charge in [0.05, 0.1) is 25.2 Å². The van der Waals surface area contributed by atoms with E-state index in [4.69, 9.17) is 0 Å². The molecule has 136 valence electrons. The Kier molecular flexibility index (Phi) is 6.66. The molecule has 0 radical (unpaired) electrons. The molecule has 0 saturated carbocycles. The summed E-state index contributed by atoms with van der Waals surface area (Å²) in [5, 5.41) is 21.3. The van der Waals surface area contributed by atoms with Gasteiger partial charge in [-0.1, -0.05) is 30.3 Å². The first-order chi connectivity index (χ1) is 11.9. The summed E-state index contributed by atoms with van der Waals surface area (Å²) in [5.41, 5.74) is 1.05. The molecule has 2 atom stereocenters. The fourth-order valence-electron chi connectivity index (χ4n) is 2.56. The van der Waals surface area contributed by atoms with Crippen LogP contribution in [0.1, 0.15) is 24.1 Å². The van der Waals surface area contributed by atoms with Gasteiger partial charge in [-0.3, -0.25) is 9.69 Å². The molecule has 2 rings (SSSR count). The molecule has 0 saturated heterocycles. The Labute approximate surface area is 148 Å². The average molecular weight is 345 g/mol. The molecule has 1 aromatic heterocycles. The largest absolute Gasteiger partial charge is 0.391 e. The van der Waals surface area contributed by atoms with E-state index in [9.17, 15) is 9.90 Å². The van der Waals surface area contributed by atoms with Gasteiger partial charge >= 0.3 is 0 Å². The van der Waals surface area contributed by atoms with Crippen LogP contribution in [0.3, 0.4) is 0 Å². The molecule has 1 aromatic carbocycles. The van der Waals surface area contributed by atoms with E-state index in [-0.39, 0.29) is 18.5 Å². The van der Waals surface area contributed by atoms with E-state index in [2.05, 4.69) is 15.5 Å². The minimum atomic E-state index is -0.627. The van der Waals surface area contributed by atoms with E-state index in [1.54, 1.807) is 0 Å². The number of hydrogen-bond acceptors (Lipinski definition) is 5. The third kappa shape index (κ3) is 5.65. The zero-order valence-corrected chi connectivity index (χ0v) is 15.3. The molecule has 1 amide bonds. The van der Waals surface area contributed by atoms with Gasteiger partial charge in [-0.25, -0.2) is 0 Å². The Balaban J connectivity index is 1.79. The van der Waals surface area contributed by atoms with Crippen molar-refractivity contribution in [1.82, 2.24) is 25.0 Å². The van der Waals surface area contributed by atoms with E-state index in [0.717, 1.165) is 17.2 Å². The maximum atomic E-state index is 12.2. The van der Waals surface area contributed by atoms with Crippen molar-refractivity contribution >= 4 is 5.91 Å². The van der Waals surface area contributed by atoms with Gasteiger partial charge in [0.1, 0.15) is 11.6 Å². The Hall–Kier alpha value is -2.25. The number of nitrogens with zero attached hydrogens (tertiary/aromatic N) is 4. The quantitative estimate of drug-likeness (QED) is 0.734. The van der Waals surface area contributed by atoms with E-state index in [1.807, 2.05) is 67.7 Å². The van der Waals surface area contributed by atoms with Crippen LogP contribution in [0.4, 0.5) is 0 Å². The summed E-state index contributed by atoms with van der Waals surface area (Å²) in [7, 11) is 3.76. The lowest BCUT2D eigenvalue weighted by Gasteiger charge is -2.22. The number of rotatable bonds is 8.